The molecular formula is C9H14ClN3S. The Kier molecular flexibility index (Phi) is 3.23. The van der Waals surface area contributed by atoms with Crippen LogP contribution in [0.15, 0.2) is 5.51 Å². The molecule has 0 aliphatic heterocycles. The van der Waals surface area contributed by atoms with E-state index >= 15 is 0 Å². The summed E-state index contributed by atoms with van der Waals surface area (Å²) in [6.45, 7) is 0. The summed E-state index contributed by atoms with van der Waals surface area (Å²) in [7, 11) is 0. The lowest BCUT2D eigenvalue weighted by molar-refractivity contribution is 0.353. The van der Waals surface area contributed by atoms with Crippen LogP contribution in [-0.2, 0) is 0 Å². The number of rotatable bonds is 3. The number of nitrogens with one attached hydrogen (secondary N) is 1. The molecule has 0 amide bonds. The topological polar surface area (TPSA) is 37.8 Å². The third-order valence-electron chi connectivity index (χ3n) is 2.80. The number of aromatic nitrogens is 2. The Morgan fingerprint density at radius 1 is 1.43 bits per heavy atom. The second kappa shape index (κ2) is 4.45. The van der Waals surface area contributed by atoms with E-state index in [1.54, 1.807) is 5.51 Å². The molecule has 0 atom stereocenters. The van der Waals surface area contributed by atoms with Gasteiger partial charge in [-0.1, -0.05) is 30.6 Å². The molecule has 0 spiro atoms. The predicted octanol–water partition coefficient (Wildman–Crippen LogP) is 2.89. The van der Waals surface area contributed by atoms with Gasteiger partial charge < -0.3 is 5.32 Å². The van der Waals surface area contributed by atoms with Crippen molar-refractivity contribution < 1.29 is 0 Å². The van der Waals surface area contributed by atoms with Gasteiger partial charge in [0.2, 0.25) is 5.13 Å². The molecule has 1 aliphatic rings. The maximum atomic E-state index is 6.05. The highest BCUT2D eigenvalue weighted by Crippen LogP contribution is 2.32. The summed E-state index contributed by atoms with van der Waals surface area (Å²) >= 11 is 7.59. The van der Waals surface area contributed by atoms with Crippen molar-refractivity contribution in [3.05, 3.63) is 5.51 Å². The van der Waals surface area contributed by atoms with Gasteiger partial charge in [-0.05, 0) is 12.8 Å². The SMILES string of the molecule is ClCC1(Nc2nncs2)CCCCC1. The average Bonchev–Trinajstić information content (AvgIpc) is 2.72. The minimum absolute atomic E-state index is 0.0688. The van der Waals surface area contributed by atoms with Crippen LogP contribution in [0.5, 0.6) is 0 Å². The first-order chi connectivity index (χ1) is 6.85. The van der Waals surface area contributed by atoms with Crippen molar-refractivity contribution in [2.24, 2.45) is 0 Å². The van der Waals surface area contributed by atoms with Gasteiger partial charge in [0.1, 0.15) is 5.51 Å². The maximum Gasteiger partial charge on any atom is 0.205 e. The molecule has 14 heavy (non-hydrogen) atoms. The standard InChI is InChI=1S/C9H14ClN3S/c10-6-9(4-2-1-3-5-9)12-8-13-11-7-14-8/h7H,1-6H2,(H,12,13). The Morgan fingerprint density at radius 2 is 2.21 bits per heavy atom. The van der Waals surface area contributed by atoms with Crippen LogP contribution in [0.2, 0.25) is 0 Å². The normalized spacial score (nSPS) is 20.6. The van der Waals surface area contributed by atoms with E-state index in [1.807, 2.05) is 0 Å². The lowest BCUT2D eigenvalue weighted by Gasteiger charge is -2.36. The monoisotopic (exact) mass is 231 g/mol. The molecule has 0 saturated heterocycles. The molecule has 0 aromatic carbocycles. The van der Waals surface area contributed by atoms with Gasteiger partial charge in [-0.15, -0.1) is 21.8 Å². The van der Waals surface area contributed by atoms with Crippen molar-refractivity contribution in [3.8, 4) is 0 Å². The number of nitrogens with zero attached hydrogens (tertiary/aromatic N) is 2. The lowest BCUT2D eigenvalue weighted by atomic mass is 9.83. The second-order valence-corrected chi connectivity index (χ2v) is 4.94. The number of alkyl halides is 1. The zero-order chi connectivity index (χ0) is 9.86. The summed E-state index contributed by atoms with van der Waals surface area (Å²) in [6.07, 6.45) is 6.15. The van der Waals surface area contributed by atoms with Gasteiger partial charge >= 0.3 is 0 Å². The largest absolute Gasteiger partial charge is 0.353 e. The van der Waals surface area contributed by atoms with Crippen molar-refractivity contribution >= 4 is 28.1 Å². The summed E-state index contributed by atoms with van der Waals surface area (Å²) in [5.74, 6) is 0.659. The fourth-order valence-electron chi connectivity index (χ4n) is 1.97. The van der Waals surface area contributed by atoms with Gasteiger partial charge in [0, 0.05) is 5.88 Å². The summed E-state index contributed by atoms with van der Waals surface area (Å²) in [6, 6.07) is 0. The highest BCUT2D eigenvalue weighted by atomic mass is 35.5. The van der Waals surface area contributed by atoms with Gasteiger partial charge in [0.15, 0.2) is 0 Å². The Balaban J connectivity index is 2.04. The van der Waals surface area contributed by atoms with E-state index in [-0.39, 0.29) is 5.54 Å². The lowest BCUT2D eigenvalue weighted by Crippen LogP contribution is -2.42. The molecule has 0 radical (unpaired) electrons. The summed E-state index contributed by atoms with van der Waals surface area (Å²) < 4.78 is 0. The van der Waals surface area contributed by atoms with E-state index in [0.29, 0.717) is 5.88 Å². The zero-order valence-electron chi connectivity index (χ0n) is 8.00. The van der Waals surface area contributed by atoms with E-state index in [0.717, 1.165) is 18.0 Å². The van der Waals surface area contributed by atoms with Crippen LogP contribution in [0.1, 0.15) is 32.1 Å². The highest BCUT2D eigenvalue weighted by Gasteiger charge is 2.31. The third-order valence-corrected chi connectivity index (χ3v) is 3.92. The Bertz CT molecular complexity index is 270. The molecule has 1 saturated carbocycles. The second-order valence-electron chi connectivity index (χ2n) is 3.84. The minimum Gasteiger partial charge on any atom is -0.353 e. The summed E-state index contributed by atoms with van der Waals surface area (Å²) in [5, 5.41) is 12.2. The van der Waals surface area contributed by atoms with Crippen LogP contribution >= 0.6 is 22.9 Å². The fraction of sp³-hybridized carbons (Fsp3) is 0.778. The van der Waals surface area contributed by atoms with Crippen molar-refractivity contribution in [1.82, 2.24) is 10.2 Å². The van der Waals surface area contributed by atoms with Gasteiger partial charge in [-0.3, -0.25) is 0 Å². The first-order valence-electron chi connectivity index (χ1n) is 4.95. The molecule has 1 aromatic heterocycles. The molecule has 1 aromatic rings. The average molecular weight is 232 g/mol. The number of hydrogen-bond donors (Lipinski definition) is 1. The van der Waals surface area contributed by atoms with E-state index in [9.17, 15) is 0 Å². The van der Waals surface area contributed by atoms with Crippen LogP contribution in [0, 0.1) is 0 Å². The molecule has 3 nitrogen and oxygen atoms in total. The van der Waals surface area contributed by atoms with Crippen LogP contribution in [0.4, 0.5) is 5.13 Å². The Labute approximate surface area is 92.9 Å². The number of hydrogen-bond acceptors (Lipinski definition) is 4. The Hall–Kier alpha value is -0.350. The van der Waals surface area contributed by atoms with Crippen LogP contribution in [-0.4, -0.2) is 21.6 Å². The first kappa shape index (κ1) is 10.2. The molecule has 5 heteroatoms. The molecule has 2 rings (SSSR count). The zero-order valence-corrected chi connectivity index (χ0v) is 9.57. The van der Waals surface area contributed by atoms with Gasteiger partial charge in [0.05, 0.1) is 5.54 Å². The van der Waals surface area contributed by atoms with Crippen molar-refractivity contribution in [2.45, 2.75) is 37.6 Å². The highest BCUT2D eigenvalue weighted by molar-refractivity contribution is 7.13. The van der Waals surface area contributed by atoms with Crippen LogP contribution < -0.4 is 5.32 Å². The molecule has 1 fully saturated rings. The predicted molar refractivity (Wildman–Crippen MR) is 60.1 cm³/mol. The molecule has 78 valence electrons. The minimum atomic E-state index is 0.0688. The van der Waals surface area contributed by atoms with Crippen molar-refractivity contribution in [3.63, 3.8) is 0 Å². The fourth-order valence-corrected chi connectivity index (χ4v) is 2.87. The van der Waals surface area contributed by atoms with E-state index in [4.69, 9.17) is 11.6 Å². The quantitative estimate of drug-likeness (QED) is 0.813. The van der Waals surface area contributed by atoms with Crippen LogP contribution in [0.3, 0.4) is 0 Å². The third kappa shape index (κ3) is 2.17. The molecule has 0 bridgehead atoms. The van der Waals surface area contributed by atoms with Gasteiger partial charge in [0.25, 0.3) is 0 Å². The van der Waals surface area contributed by atoms with Crippen LogP contribution in [0.25, 0.3) is 0 Å². The summed E-state index contributed by atoms with van der Waals surface area (Å²) in [4.78, 5) is 0. The maximum absolute atomic E-state index is 6.05. The Morgan fingerprint density at radius 3 is 2.79 bits per heavy atom. The van der Waals surface area contributed by atoms with Crippen molar-refractivity contribution in [2.75, 3.05) is 11.2 Å². The van der Waals surface area contributed by atoms with Gasteiger partial charge in [-0.2, -0.15) is 0 Å². The van der Waals surface area contributed by atoms with Crippen molar-refractivity contribution in [1.29, 1.82) is 0 Å². The first-order valence-corrected chi connectivity index (χ1v) is 6.36. The molecular weight excluding hydrogens is 218 g/mol. The molecule has 0 unspecified atom stereocenters. The van der Waals surface area contributed by atoms with E-state index < -0.39 is 0 Å². The smallest absolute Gasteiger partial charge is 0.205 e. The van der Waals surface area contributed by atoms with Gasteiger partial charge in [-0.25, -0.2) is 0 Å². The van der Waals surface area contributed by atoms with E-state index in [2.05, 4.69) is 15.5 Å². The number of anilines is 1. The summed E-state index contributed by atoms with van der Waals surface area (Å²) in [5.41, 5.74) is 1.81. The van der Waals surface area contributed by atoms with E-state index in [1.165, 1.54) is 30.6 Å². The molecule has 1 heterocycles. The molecule has 1 aliphatic carbocycles. The number of halogens is 1. The molecule has 1 N–H and O–H groups in total.